The second-order valence-corrected chi connectivity index (χ2v) is 4.17. The van der Waals surface area contributed by atoms with E-state index in [0.29, 0.717) is 6.42 Å². The minimum Gasteiger partial charge on any atom is -0.481 e. The highest BCUT2D eigenvalue weighted by Gasteiger charge is 2.27. The van der Waals surface area contributed by atoms with Gasteiger partial charge in [0.2, 0.25) is 0 Å². The molecular formula is C11H15NO2. The van der Waals surface area contributed by atoms with E-state index < -0.39 is 11.4 Å². The lowest BCUT2D eigenvalue weighted by molar-refractivity contribution is -0.146. The molecule has 0 atom stereocenters. The van der Waals surface area contributed by atoms with Crippen LogP contribution in [0.15, 0.2) is 18.5 Å². The van der Waals surface area contributed by atoms with Crippen LogP contribution in [0.3, 0.4) is 0 Å². The standard InChI is InChI=1S/C11H15NO2/c1-8-7-12-5-4-9(8)6-11(2,3)10(13)14/h4-5,7H,6H2,1-3H3,(H,13,14). The van der Waals surface area contributed by atoms with Crippen LogP contribution in [-0.4, -0.2) is 16.1 Å². The first-order chi connectivity index (χ1) is 6.43. The molecule has 0 saturated carbocycles. The van der Waals surface area contributed by atoms with Gasteiger partial charge in [-0.05, 0) is 44.4 Å². The lowest BCUT2D eigenvalue weighted by Gasteiger charge is -2.19. The molecule has 3 nitrogen and oxygen atoms in total. The molecule has 0 amide bonds. The first-order valence-corrected chi connectivity index (χ1v) is 4.56. The van der Waals surface area contributed by atoms with E-state index in [-0.39, 0.29) is 0 Å². The zero-order chi connectivity index (χ0) is 10.8. The molecule has 0 radical (unpaired) electrons. The molecule has 3 heteroatoms. The third kappa shape index (κ3) is 2.31. The summed E-state index contributed by atoms with van der Waals surface area (Å²) in [4.78, 5) is 14.9. The van der Waals surface area contributed by atoms with Crippen molar-refractivity contribution in [1.29, 1.82) is 0 Å². The van der Waals surface area contributed by atoms with Crippen LogP contribution in [0.25, 0.3) is 0 Å². The van der Waals surface area contributed by atoms with Crippen molar-refractivity contribution in [3.8, 4) is 0 Å². The quantitative estimate of drug-likeness (QED) is 0.799. The van der Waals surface area contributed by atoms with Crippen molar-refractivity contribution in [2.45, 2.75) is 27.2 Å². The summed E-state index contributed by atoms with van der Waals surface area (Å²) in [5.41, 5.74) is 1.38. The van der Waals surface area contributed by atoms with Crippen molar-refractivity contribution >= 4 is 5.97 Å². The highest BCUT2D eigenvalue weighted by molar-refractivity contribution is 5.74. The van der Waals surface area contributed by atoms with Crippen LogP contribution < -0.4 is 0 Å². The van der Waals surface area contributed by atoms with Crippen LogP contribution in [0.4, 0.5) is 0 Å². The van der Waals surface area contributed by atoms with Crippen LogP contribution >= 0.6 is 0 Å². The Kier molecular flexibility index (Phi) is 2.89. The number of pyridine rings is 1. The molecule has 0 aromatic carbocycles. The predicted octanol–water partition coefficient (Wildman–Crippen LogP) is 2.04. The number of carbonyl (C=O) groups is 1. The number of hydrogen-bond donors (Lipinski definition) is 1. The van der Waals surface area contributed by atoms with Crippen LogP contribution in [0.1, 0.15) is 25.0 Å². The maximum atomic E-state index is 10.9. The fraction of sp³-hybridized carbons (Fsp3) is 0.455. The van der Waals surface area contributed by atoms with Gasteiger partial charge in [0.05, 0.1) is 5.41 Å². The number of nitrogens with zero attached hydrogens (tertiary/aromatic N) is 1. The molecule has 1 aromatic heterocycles. The summed E-state index contributed by atoms with van der Waals surface area (Å²) >= 11 is 0. The topological polar surface area (TPSA) is 50.2 Å². The third-order valence-electron chi connectivity index (χ3n) is 2.35. The third-order valence-corrected chi connectivity index (χ3v) is 2.35. The van der Waals surface area contributed by atoms with Gasteiger partial charge in [0.25, 0.3) is 0 Å². The molecule has 0 unspecified atom stereocenters. The summed E-state index contributed by atoms with van der Waals surface area (Å²) in [7, 11) is 0. The van der Waals surface area contributed by atoms with E-state index >= 15 is 0 Å². The fourth-order valence-corrected chi connectivity index (χ4v) is 1.25. The highest BCUT2D eigenvalue weighted by Crippen LogP contribution is 2.23. The Morgan fingerprint density at radius 1 is 1.57 bits per heavy atom. The Hall–Kier alpha value is -1.38. The first kappa shape index (κ1) is 10.7. The van der Waals surface area contributed by atoms with Gasteiger partial charge in [0.15, 0.2) is 0 Å². The Balaban J connectivity index is 2.89. The second kappa shape index (κ2) is 3.78. The fourth-order valence-electron chi connectivity index (χ4n) is 1.25. The van der Waals surface area contributed by atoms with E-state index in [0.717, 1.165) is 11.1 Å². The predicted molar refractivity (Wildman–Crippen MR) is 54.1 cm³/mol. The summed E-state index contributed by atoms with van der Waals surface area (Å²) in [6, 6.07) is 1.88. The number of aliphatic carboxylic acids is 1. The monoisotopic (exact) mass is 193 g/mol. The lowest BCUT2D eigenvalue weighted by atomic mass is 9.85. The van der Waals surface area contributed by atoms with Crippen LogP contribution in [-0.2, 0) is 11.2 Å². The molecule has 0 aliphatic carbocycles. The first-order valence-electron chi connectivity index (χ1n) is 4.56. The van der Waals surface area contributed by atoms with Crippen molar-refractivity contribution in [2.24, 2.45) is 5.41 Å². The molecule has 76 valence electrons. The van der Waals surface area contributed by atoms with Gasteiger partial charge in [0, 0.05) is 12.4 Å². The average Bonchev–Trinajstić information content (AvgIpc) is 2.08. The van der Waals surface area contributed by atoms with Gasteiger partial charge in [-0.25, -0.2) is 0 Å². The van der Waals surface area contributed by atoms with Crippen molar-refractivity contribution in [2.75, 3.05) is 0 Å². The molecule has 1 rings (SSSR count). The van der Waals surface area contributed by atoms with E-state index in [1.807, 2.05) is 13.0 Å². The summed E-state index contributed by atoms with van der Waals surface area (Å²) in [6.45, 7) is 5.41. The van der Waals surface area contributed by atoms with Gasteiger partial charge in [-0.3, -0.25) is 9.78 Å². The number of carboxylic acids is 1. The summed E-state index contributed by atoms with van der Waals surface area (Å²) in [5.74, 6) is -0.770. The smallest absolute Gasteiger partial charge is 0.309 e. The van der Waals surface area contributed by atoms with Gasteiger partial charge in [-0.2, -0.15) is 0 Å². The molecular weight excluding hydrogens is 178 g/mol. The number of carboxylic acid groups (broad SMARTS) is 1. The van der Waals surface area contributed by atoms with Crippen molar-refractivity contribution < 1.29 is 9.90 Å². The largest absolute Gasteiger partial charge is 0.481 e. The van der Waals surface area contributed by atoms with E-state index in [2.05, 4.69) is 4.98 Å². The molecule has 0 aliphatic rings. The minimum atomic E-state index is -0.770. The molecule has 0 saturated heterocycles. The summed E-state index contributed by atoms with van der Waals surface area (Å²) in [5, 5.41) is 8.98. The zero-order valence-electron chi connectivity index (χ0n) is 8.74. The minimum absolute atomic E-state index is 0.538. The van der Waals surface area contributed by atoms with Crippen LogP contribution in [0, 0.1) is 12.3 Å². The van der Waals surface area contributed by atoms with Gasteiger partial charge in [0.1, 0.15) is 0 Å². The lowest BCUT2D eigenvalue weighted by Crippen LogP contribution is -2.26. The van der Waals surface area contributed by atoms with E-state index in [4.69, 9.17) is 5.11 Å². The maximum absolute atomic E-state index is 10.9. The number of aromatic nitrogens is 1. The summed E-state index contributed by atoms with van der Waals surface area (Å²) < 4.78 is 0. The number of rotatable bonds is 3. The SMILES string of the molecule is Cc1cnccc1CC(C)(C)C(=O)O. The Morgan fingerprint density at radius 3 is 2.71 bits per heavy atom. The van der Waals surface area contributed by atoms with Gasteiger partial charge < -0.3 is 5.11 Å². The van der Waals surface area contributed by atoms with Crippen LogP contribution in [0.2, 0.25) is 0 Å². The highest BCUT2D eigenvalue weighted by atomic mass is 16.4. The summed E-state index contributed by atoms with van der Waals surface area (Å²) in [6.07, 6.45) is 3.99. The molecule has 14 heavy (non-hydrogen) atoms. The molecule has 1 N–H and O–H groups in total. The second-order valence-electron chi connectivity index (χ2n) is 4.17. The molecule has 0 fully saturated rings. The number of aryl methyl sites for hydroxylation is 1. The van der Waals surface area contributed by atoms with Crippen molar-refractivity contribution in [3.05, 3.63) is 29.6 Å². The molecule has 0 bridgehead atoms. The van der Waals surface area contributed by atoms with Crippen molar-refractivity contribution in [3.63, 3.8) is 0 Å². The van der Waals surface area contributed by atoms with Gasteiger partial charge in [-0.1, -0.05) is 0 Å². The van der Waals surface area contributed by atoms with Crippen molar-refractivity contribution in [1.82, 2.24) is 4.98 Å². The van der Waals surface area contributed by atoms with E-state index in [9.17, 15) is 4.79 Å². The van der Waals surface area contributed by atoms with Gasteiger partial charge >= 0.3 is 5.97 Å². The zero-order valence-corrected chi connectivity index (χ0v) is 8.74. The molecule has 0 spiro atoms. The van der Waals surface area contributed by atoms with Gasteiger partial charge in [-0.15, -0.1) is 0 Å². The maximum Gasteiger partial charge on any atom is 0.309 e. The van der Waals surface area contributed by atoms with E-state index in [1.165, 1.54) is 0 Å². The molecule has 1 aromatic rings. The van der Waals surface area contributed by atoms with Crippen LogP contribution in [0.5, 0.6) is 0 Å². The molecule has 1 heterocycles. The Morgan fingerprint density at radius 2 is 2.21 bits per heavy atom. The van der Waals surface area contributed by atoms with E-state index in [1.54, 1.807) is 26.2 Å². The Labute approximate surface area is 83.8 Å². The number of hydrogen-bond acceptors (Lipinski definition) is 2. The Bertz CT molecular complexity index is 345. The normalized spacial score (nSPS) is 11.4. The average molecular weight is 193 g/mol. The molecule has 0 aliphatic heterocycles.